The summed E-state index contributed by atoms with van der Waals surface area (Å²) in [6, 6.07) is 15.7. The quantitative estimate of drug-likeness (QED) is 0.812. The van der Waals surface area contributed by atoms with Crippen molar-refractivity contribution in [3.05, 3.63) is 71.0 Å². The molecule has 2 heteroatoms. The molecule has 2 aromatic carbocycles. The number of benzene rings is 2. The summed E-state index contributed by atoms with van der Waals surface area (Å²) in [6.07, 6.45) is 0.858. The maximum absolute atomic E-state index is 13.9. The second-order valence-corrected chi connectivity index (χ2v) is 5.28. The summed E-state index contributed by atoms with van der Waals surface area (Å²) in [5.41, 5.74) is 3.22. The van der Waals surface area contributed by atoms with Crippen molar-refractivity contribution in [3.63, 3.8) is 0 Å². The van der Waals surface area contributed by atoms with Gasteiger partial charge in [0.05, 0.1) is 0 Å². The molecule has 0 bridgehead atoms. The fourth-order valence-electron chi connectivity index (χ4n) is 2.44. The Bertz CT molecular complexity index is 548. The van der Waals surface area contributed by atoms with E-state index in [0.717, 1.165) is 12.0 Å². The van der Waals surface area contributed by atoms with Gasteiger partial charge in [-0.1, -0.05) is 55.0 Å². The monoisotopic (exact) mass is 271 g/mol. The summed E-state index contributed by atoms with van der Waals surface area (Å²) in [5, 5.41) is 3.52. The van der Waals surface area contributed by atoms with E-state index in [-0.39, 0.29) is 17.9 Å². The lowest BCUT2D eigenvalue weighted by atomic mass is 10.0. The van der Waals surface area contributed by atoms with Crippen LogP contribution >= 0.6 is 0 Å². The fourth-order valence-corrected chi connectivity index (χ4v) is 2.44. The van der Waals surface area contributed by atoms with Crippen LogP contribution in [0.3, 0.4) is 0 Å². The molecule has 0 aliphatic rings. The van der Waals surface area contributed by atoms with Crippen molar-refractivity contribution in [3.8, 4) is 0 Å². The summed E-state index contributed by atoms with van der Waals surface area (Å²) < 4.78 is 13.9. The van der Waals surface area contributed by atoms with E-state index in [2.05, 4.69) is 50.4 Å². The van der Waals surface area contributed by atoms with Crippen LogP contribution in [0.15, 0.2) is 48.5 Å². The molecule has 1 nitrogen and oxygen atoms in total. The number of hydrogen-bond donors (Lipinski definition) is 1. The maximum Gasteiger partial charge on any atom is 0.127 e. The van der Waals surface area contributed by atoms with Crippen molar-refractivity contribution < 1.29 is 4.39 Å². The smallest absolute Gasteiger partial charge is 0.127 e. The van der Waals surface area contributed by atoms with Gasteiger partial charge in [-0.25, -0.2) is 4.39 Å². The molecule has 1 N–H and O–H groups in total. The van der Waals surface area contributed by atoms with Crippen LogP contribution in [0.25, 0.3) is 0 Å². The predicted octanol–water partition coefficient (Wildman–Crippen LogP) is 4.94. The lowest BCUT2D eigenvalue weighted by Gasteiger charge is -2.23. The Balaban J connectivity index is 2.14. The van der Waals surface area contributed by atoms with E-state index in [1.807, 2.05) is 12.1 Å². The van der Waals surface area contributed by atoms with Crippen molar-refractivity contribution in [1.82, 2.24) is 5.32 Å². The number of aryl methyl sites for hydroxylation is 1. The van der Waals surface area contributed by atoms with Gasteiger partial charge in [-0.3, -0.25) is 0 Å². The minimum absolute atomic E-state index is 0.0347. The van der Waals surface area contributed by atoms with E-state index < -0.39 is 0 Å². The number of hydrogen-bond acceptors (Lipinski definition) is 1. The van der Waals surface area contributed by atoms with Gasteiger partial charge < -0.3 is 5.32 Å². The third kappa shape index (κ3) is 3.45. The van der Waals surface area contributed by atoms with Gasteiger partial charge in [0.2, 0.25) is 0 Å². The molecular weight excluding hydrogens is 249 g/mol. The fraction of sp³-hybridized carbons (Fsp3) is 0.333. The van der Waals surface area contributed by atoms with Gasteiger partial charge in [0.1, 0.15) is 5.82 Å². The van der Waals surface area contributed by atoms with Gasteiger partial charge >= 0.3 is 0 Å². The summed E-state index contributed by atoms with van der Waals surface area (Å²) in [6.45, 7) is 6.27. The first kappa shape index (κ1) is 14.7. The molecule has 2 unspecified atom stereocenters. The third-order valence-corrected chi connectivity index (χ3v) is 3.72. The molecule has 0 fully saturated rings. The van der Waals surface area contributed by atoms with Crippen molar-refractivity contribution in [2.24, 2.45) is 0 Å². The van der Waals surface area contributed by atoms with Crippen molar-refractivity contribution in [2.75, 3.05) is 0 Å². The highest BCUT2D eigenvalue weighted by Gasteiger charge is 2.16. The lowest BCUT2D eigenvalue weighted by Crippen LogP contribution is -2.25. The Kier molecular flexibility index (Phi) is 4.91. The highest BCUT2D eigenvalue weighted by Crippen LogP contribution is 2.24. The molecule has 0 amide bonds. The molecule has 2 atom stereocenters. The van der Waals surface area contributed by atoms with Crippen molar-refractivity contribution >= 4 is 0 Å². The van der Waals surface area contributed by atoms with Crippen LogP contribution in [0.1, 0.15) is 49.0 Å². The second kappa shape index (κ2) is 6.67. The Morgan fingerprint density at radius 2 is 1.70 bits per heavy atom. The van der Waals surface area contributed by atoms with Crippen LogP contribution in [0.4, 0.5) is 4.39 Å². The zero-order valence-corrected chi connectivity index (χ0v) is 12.4. The van der Waals surface area contributed by atoms with Crippen LogP contribution in [-0.2, 0) is 0 Å². The van der Waals surface area contributed by atoms with Crippen LogP contribution in [0.5, 0.6) is 0 Å². The van der Waals surface area contributed by atoms with Crippen LogP contribution in [0, 0.1) is 12.7 Å². The largest absolute Gasteiger partial charge is 0.303 e. The topological polar surface area (TPSA) is 12.0 Å². The lowest BCUT2D eigenvalue weighted by molar-refractivity contribution is 0.439. The molecule has 0 radical (unpaired) electrons. The molecule has 0 aliphatic carbocycles. The van der Waals surface area contributed by atoms with Crippen molar-refractivity contribution in [2.45, 2.75) is 39.3 Å². The summed E-state index contributed by atoms with van der Waals surface area (Å²) in [7, 11) is 0. The van der Waals surface area contributed by atoms with Gasteiger partial charge in [-0.2, -0.15) is 0 Å². The van der Waals surface area contributed by atoms with Crippen molar-refractivity contribution in [1.29, 1.82) is 0 Å². The first-order chi connectivity index (χ1) is 9.61. The first-order valence-corrected chi connectivity index (χ1v) is 7.19. The molecular formula is C18H22FN. The SMILES string of the molecule is CCC(NC(C)c1ccc(C)cc1)c1ccccc1F. The van der Waals surface area contributed by atoms with Gasteiger partial charge in [0.15, 0.2) is 0 Å². The Morgan fingerprint density at radius 3 is 2.30 bits per heavy atom. The van der Waals surface area contributed by atoms with E-state index in [9.17, 15) is 4.39 Å². The van der Waals surface area contributed by atoms with E-state index in [4.69, 9.17) is 0 Å². The van der Waals surface area contributed by atoms with E-state index in [1.165, 1.54) is 17.2 Å². The molecule has 20 heavy (non-hydrogen) atoms. The van der Waals surface area contributed by atoms with E-state index >= 15 is 0 Å². The predicted molar refractivity (Wildman–Crippen MR) is 82.2 cm³/mol. The molecule has 0 spiro atoms. The van der Waals surface area contributed by atoms with Gasteiger partial charge in [-0.15, -0.1) is 0 Å². The van der Waals surface area contributed by atoms with Gasteiger partial charge in [0.25, 0.3) is 0 Å². The Labute approximate surface area is 120 Å². The van der Waals surface area contributed by atoms with Crippen LogP contribution in [-0.4, -0.2) is 0 Å². The summed E-state index contributed by atoms with van der Waals surface area (Å²) >= 11 is 0. The van der Waals surface area contributed by atoms with Gasteiger partial charge in [-0.05, 0) is 31.9 Å². The molecule has 106 valence electrons. The summed E-state index contributed by atoms with van der Waals surface area (Å²) in [4.78, 5) is 0. The minimum atomic E-state index is -0.136. The highest BCUT2D eigenvalue weighted by molar-refractivity contribution is 5.25. The molecule has 0 aromatic heterocycles. The molecule has 0 aliphatic heterocycles. The molecule has 2 rings (SSSR count). The third-order valence-electron chi connectivity index (χ3n) is 3.72. The minimum Gasteiger partial charge on any atom is -0.303 e. The second-order valence-electron chi connectivity index (χ2n) is 5.28. The van der Waals surface area contributed by atoms with Crippen LogP contribution in [0.2, 0.25) is 0 Å². The highest BCUT2D eigenvalue weighted by atomic mass is 19.1. The Morgan fingerprint density at radius 1 is 1.05 bits per heavy atom. The van der Waals surface area contributed by atoms with E-state index in [1.54, 1.807) is 6.07 Å². The molecule has 0 saturated carbocycles. The normalized spacial score (nSPS) is 14.0. The molecule has 0 heterocycles. The number of nitrogens with one attached hydrogen (secondary N) is 1. The average Bonchev–Trinajstić information content (AvgIpc) is 2.46. The van der Waals surface area contributed by atoms with Crippen LogP contribution < -0.4 is 5.32 Å². The average molecular weight is 271 g/mol. The maximum atomic E-state index is 13.9. The molecule has 0 saturated heterocycles. The Hall–Kier alpha value is -1.67. The van der Waals surface area contributed by atoms with Gasteiger partial charge in [0, 0.05) is 17.6 Å². The van der Waals surface area contributed by atoms with E-state index in [0.29, 0.717) is 0 Å². The number of rotatable bonds is 5. The first-order valence-electron chi connectivity index (χ1n) is 7.19. The zero-order chi connectivity index (χ0) is 14.5. The molecule has 2 aromatic rings. The summed E-state index contributed by atoms with van der Waals surface area (Å²) in [5.74, 6) is -0.136. The zero-order valence-electron chi connectivity index (χ0n) is 12.4. The standard InChI is InChI=1S/C18H22FN/c1-4-18(16-7-5-6-8-17(16)19)20-14(3)15-11-9-13(2)10-12-15/h5-12,14,18,20H,4H2,1-3H3. The number of halogens is 1.